The maximum absolute atomic E-state index is 10.7. The van der Waals surface area contributed by atoms with Gasteiger partial charge in [-0.1, -0.05) is 6.92 Å². The van der Waals surface area contributed by atoms with E-state index in [0.29, 0.717) is 12.0 Å². The lowest BCUT2D eigenvalue weighted by Gasteiger charge is -2.20. The summed E-state index contributed by atoms with van der Waals surface area (Å²) in [6.45, 7) is 4.18. The molecule has 0 spiro atoms. The molecule has 3 atom stereocenters. The normalized spacial score (nSPS) is 39.4. The molecular weight excluding hydrogens is 142 g/mol. The quantitative estimate of drug-likeness (QED) is 0.612. The van der Waals surface area contributed by atoms with Crippen LogP contribution in [0.4, 0.5) is 0 Å². The average Bonchev–Trinajstić information content (AvgIpc) is 2.17. The molecule has 1 heterocycles. The molecule has 1 aliphatic heterocycles. The molecule has 11 heavy (non-hydrogen) atoms. The monoisotopic (exact) mass is 157 g/mol. The molecule has 0 aromatic rings. The number of carbonyl (C=O) groups is 1. The van der Waals surface area contributed by atoms with Gasteiger partial charge in [-0.05, 0) is 26.3 Å². The first kappa shape index (κ1) is 8.53. The molecule has 0 aromatic carbocycles. The van der Waals surface area contributed by atoms with E-state index in [1.54, 1.807) is 0 Å². The van der Waals surface area contributed by atoms with Crippen LogP contribution in [0.2, 0.25) is 0 Å². The van der Waals surface area contributed by atoms with Crippen molar-refractivity contribution in [3.8, 4) is 0 Å². The fourth-order valence-electron chi connectivity index (χ4n) is 1.68. The fraction of sp³-hybridized carbons (Fsp3) is 0.875. The average molecular weight is 157 g/mol. The molecule has 0 aromatic heterocycles. The zero-order valence-electron chi connectivity index (χ0n) is 7.24. The minimum atomic E-state index is -0.691. The van der Waals surface area contributed by atoms with Gasteiger partial charge in [0.2, 0.25) is 0 Å². The summed E-state index contributed by atoms with van der Waals surface area (Å²) in [7, 11) is 1.88. The van der Waals surface area contributed by atoms with Gasteiger partial charge < -0.3 is 5.11 Å². The first-order valence-electron chi connectivity index (χ1n) is 3.98. The van der Waals surface area contributed by atoms with Crippen molar-refractivity contribution >= 4 is 5.97 Å². The van der Waals surface area contributed by atoms with Gasteiger partial charge in [-0.2, -0.15) is 0 Å². The molecule has 0 aliphatic carbocycles. The predicted octanol–water partition coefficient (Wildman–Crippen LogP) is 0.800. The summed E-state index contributed by atoms with van der Waals surface area (Å²) in [5.41, 5.74) is 0. The molecule has 1 aliphatic rings. The molecule has 3 unspecified atom stereocenters. The summed E-state index contributed by atoms with van der Waals surface area (Å²) < 4.78 is 0. The van der Waals surface area contributed by atoms with Crippen LogP contribution in [-0.4, -0.2) is 35.1 Å². The van der Waals surface area contributed by atoms with Crippen LogP contribution < -0.4 is 0 Å². The van der Waals surface area contributed by atoms with Crippen molar-refractivity contribution in [1.29, 1.82) is 0 Å². The van der Waals surface area contributed by atoms with E-state index in [1.165, 1.54) is 0 Å². The van der Waals surface area contributed by atoms with Gasteiger partial charge in [0.1, 0.15) is 6.04 Å². The molecule has 1 rings (SSSR count). The van der Waals surface area contributed by atoms with Crippen LogP contribution in [0.25, 0.3) is 0 Å². The van der Waals surface area contributed by atoms with E-state index in [2.05, 4.69) is 13.8 Å². The Morgan fingerprint density at radius 1 is 1.55 bits per heavy atom. The zero-order valence-corrected chi connectivity index (χ0v) is 7.24. The second-order valence-corrected chi connectivity index (χ2v) is 3.47. The standard InChI is InChI=1S/C8H15NO2/c1-5-4-7(8(10)11)9(3)6(5)2/h5-7H,4H2,1-3H3,(H,10,11). The molecule has 3 heteroatoms. The summed E-state index contributed by atoms with van der Waals surface area (Å²) >= 11 is 0. The third-order valence-corrected chi connectivity index (χ3v) is 2.84. The Bertz CT molecular complexity index is 169. The van der Waals surface area contributed by atoms with Crippen LogP contribution in [0.3, 0.4) is 0 Å². The zero-order chi connectivity index (χ0) is 8.59. The molecule has 64 valence electrons. The summed E-state index contributed by atoms with van der Waals surface area (Å²) in [5.74, 6) is -0.190. The number of carboxylic acids is 1. The Morgan fingerprint density at radius 3 is 2.27 bits per heavy atom. The van der Waals surface area contributed by atoms with Crippen molar-refractivity contribution in [2.24, 2.45) is 5.92 Å². The largest absolute Gasteiger partial charge is 0.480 e. The summed E-state index contributed by atoms with van der Waals surface area (Å²) in [6.07, 6.45) is 0.785. The Hall–Kier alpha value is -0.570. The Kier molecular flexibility index (Phi) is 2.18. The molecule has 3 nitrogen and oxygen atoms in total. The van der Waals surface area contributed by atoms with E-state index in [1.807, 2.05) is 11.9 Å². The Labute approximate surface area is 67.0 Å². The second-order valence-electron chi connectivity index (χ2n) is 3.47. The molecule has 0 bridgehead atoms. The van der Waals surface area contributed by atoms with Gasteiger partial charge in [0.05, 0.1) is 0 Å². The van der Waals surface area contributed by atoms with E-state index >= 15 is 0 Å². The van der Waals surface area contributed by atoms with E-state index < -0.39 is 5.97 Å². The predicted molar refractivity (Wildman–Crippen MR) is 42.4 cm³/mol. The van der Waals surface area contributed by atoms with Crippen LogP contribution in [0.1, 0.15) is 20.3 Å². The molecule has 1 N–H and O–H groups in total. The number of aliphatic carboxylic acids is 1. The SMILES string of the molecule is CC1CC(C(=O)O)N(C)C1C. The minimum Gasteiger partial charge on any atom is -0.480 e. The third-order valence-electron chi connectivity index (χ3n) is 2.84. The molecular formula is C8H15NO2. The van der Waals surface area contributed by atoms with Crippen LogP contribution in [0, 0.1) is 5.92 Å². The fourth-order valence-corrected chi connectivity index (χ4v) is 1.68. The lowest BCUT2D eigenvalue weighted by atomic mass is 10.0. The number of likely N-dealkylation sites (N-methyl/N-ethyl adjacent to an activating group) is 1. The molecule has 1 saturated heterocycles. The first-order valence-corrected chi connectivity index (χ1v) is 3.98. The lowest BCUT2D eigenvalue weighted by molar-refractivity contribution is -0.142. The highest BCUT2D eigenvalue weighted by atomic mass is 16.4. The van der Waals surface area contributed by atoms with E-state index in [4.69, 9.17) is 5.11 Å². The van der Waals surface area contributed by atoms with Gasteiger partial charge in [0, 0.05) is 6.04 Å². The maximum atomic E-state index is 10.7. The number of carboxylic acid groups (broad SMARTS) is 1. The number of likely N-dealkylation sites (tertiary alicyclic amines) is 1. The highest BCUT2D eigenvalue weighted by molar-refractivity contribution is 5.73. The summed E-state index contributed by atoms with van der Waals surface area (Å²) in [6, 6.07) is 0.135. The third kappa shape index (κ3) is 1.38. The number of hydrogen-bond donors (Lipinski definition) is 1. The van der Waals surface area contributed by atoms with Crippen molar-refractivity contribution < 1.29 is 9.90 Å². The van der Waals surface area contributed by atoms with Crippen molar-refractivity contribution in [2.45, 2.75) is 32.4 Å². The molecule has 0 saturated carbocycles. The van der Waals surface area contributed by atoms with Crippen molar-refractivity contribution in [1.82, 2.24) is 4.90 Å². The maximum Gasteiger partial charge on any atom is 0.320 e. The van der Waals surface area contributed by atoms with Crippen LogP contribution in [-0.2, 0) is 4.79 Å². The van der Waals surface area contributed by atoms with Gasteiger partial charge in [-0.3, -0.25) is 9.69 Å². The van der Waals surface area contributed by atoms with Crippen molar-refractivity contribution in [2.75, 3.05) is 7.05 Å². The highest BCUT2D eigenvalue weighted by Gasteiger charge is 2.37. The summed E-state index contributed by atoms with van der Waals surface area (Å²) in [4.78, 5) is 12.6. The van der Waals surface area contributed by atoms with Crippen LogP contribution in [0.15, 0.2) is 0 Å². The second kappa shape index (κ2) is 2.81. The Morgan fingerprint density at radius 2 is 2.09 bits per heavy atom. The van der Waals surface area contributed by atoms with Crippen LogP contribution >= 0.6 is 0 Å². The topological polar surface area (TPSA) is 40.5 Å². The molecule has 1 fully saturated rings. The number of hydrogen-bond acceptors (Lipinski definition) is 2. The van der Waals surface area contributed by atoms with E-state index in [-0.39, 0.29) is 6.04 Å². The first-order chi connectivity index (χ1) is 5.04. The van der Waals surface area contributed by atoms with Crippen molar-refractivity contribution in [3.05, 3.63) is 0 Å². The smallest absolute Gasteiger partial charge is 0.320 e. The highest BCUT2D eigenvalue weighted by Crippen LogP contribution is 2.27. The van der Waals surface area contributed by atoms with Crippen molar-refractivity contribution in [3.63, 3.8) is 0 Å². The van der Waals surface area contributed by atoms with Crippen LogP contribution in [0.5, 0.6) is 0 Å². The number of rotatable bonds is 1. The van der Waals surface area contributed by atoms with E-state index in [9.17, 15) is 4.79 Å². The van der Waals surface area contributed by atoms with Gasteiger partial charge in [-0.25, -0.2) is 0 Å². The lowest BCUT2D eigenvalue weighted by Crippen LogP contribution is -2.36. The van der Waals surface area contributed by atoms with Gasteiger partial charge in [0.25, 0.3) is 0 Å². The minimum absolute atomic E-state index is 0.264. The molecule has 0 radical (unpaired) electrons. The van der Waals surface area contributed by atoms with E-state index in [0.717, 1.165) is 6.42 Å². The van der Waals surface area contributed by atoms with Gasteiger partial charge in [-0.15, -0.1) is 0 Å². The van der Waals surface area contributed by atoms with Gasteiger partial charge in [0.15, 0.2) is 0 Å². The summed E-state index contributed by atoms with van der Waals surface area (Å²) in [5, 5.41) is 8.78. The Balaban J connectivity index is 2.67. The molecule has 0 amide bonds. The number of nitrogens with zero attached hydrogens (tertiary/aromatic N) is 1. The van der Waals surface area contributed by atoms with Gasteiger partial charge >= 0.3 is 5.97 Å².